The van der Waals surface area contributed by atoms with Gasteiger partial charge >= 0.3 is 0 Å². The van der Waals surface area contributed by atoms with Crippen molar-refractivity contribution in [3.8, 4) is 0 Å². The van der Waals surface area contributed by atoms with Crippen molar-refractivity contribution in [2.24, 2.45) is 0 Å². The highest BCUT2D eigenvalue weighted by Gasteiger charge is 2.12. The van der Waals surface area contributed by atoms with Crippen molar-refractivity contribution >= 4 is 28.8 Å². The maximum atomic E-state index is 11.6. The number of oxazole rings is 1. The molecule has 0 bridgehead atoms. The van der Waals surface area contributed by atoms with Crippen molar-refractivity contribution in [2.45, 2.75) is 24.6 Å². The van der Waals surface area contributed by atoms with Crippen LogP contribution in [0, 0.1) is 0 Å². The summed E-state index contributed by atoms with van der Waals surface area (Å²) in [7, 11) is 0. The number of carbonyl (C=O) groups is 1. The van der Waals surface area contributed by atoms with Gasteiger partial charge in [-0.05, 0) is 18.6 Å². The molecular weight excluding hydrogens is 264 g/mol. The molecule has 0 saturated heterocycles. The fraction of sp³-hybridized carbons (Fsp3) is 0.385. The number of aliphatic hydroxyl groups is 1. The fourth-order valence-electron chi connectivity index (χ4n) is 1.59. The Morgan fingerprint density at radius 3 is 3.00 bits per heavy atom. The summed E-state index contributed by atoms with van der Waals surface area (Å²) in [6.45, 7) is 1.87. The van der Waals surface area contributed by atoms with Gasteiger partial charge in [0.2, 0.25) is 5.91 Å². The van der Waals surface area contributed by atoms with E-state index in [1.165, 1.54) is 11.8 Å². The number of nitrogens with zero attached hydrogens (tertiary/aromatic N) is 1. The van der Waals surface area contributed by atoms with Crippen molar-refractivity contribution in [3.05, 3.63) is 24.3 Å². The third-order valence-electron chi connectivity index (χ3n) is 2.68. The molecule has 0 fully saturated rings. The van der Waals surface area contributed by atoms with E-state index in [-0.39, 0.29) is 24.3 Å². The van der Waals surface area contributed by atoms with Gasteiger partial charge in [0.1, 0.15) is 5.52 Å². The third-order valence-corrected chi connectivity index (χ3v) is 3.51. The Bertz CT molecular complexity index is 519. The number of hydrogen-bond donors (Lipinski definition) is 2. The minimum Gasteiger partial charge on any atom is -0.431 e. The number of fused-ring (bicyclic) bond motifs is 1. The second-order valence-electron chi connectivity index (χ2n) is 4.09. The van der Waals surface area contributed by atoms with E-state index in [1.807, 2.05) is 31.2 Å². The topological polar surface area (TPSA) is 75.4 Å². The third kappa shape index (κ3) is 3.71. The van der Waals surface area contributed by atoms with Crippen LogP contribution in [0.15, 0.2) is 33.9 Å². The van der Waals surface area contributed by atoms with Gasteiger partial charge in [-0.2, -0.15) is 0 Å². The van der Waals surface area contributed by atoms with Crippen LogP contribution in [-0.4, -0.2) is 34.4 Å². The highest BCUT2D eigenvalue weighted by molar-refractivity contribution is 7.99. The molecule has 0 unspecified atom stereocenters. The quantitative estimate of drug-likeness (QED) is 0.789. The van der Waals surface area contributed by atoms with E-state index in [1.54, 1.807) is 0 Å². The predicted octanol–water partition coefficient (Wildman–Crippen LogP) is 1.81. The van der Waals surface area contributed by atoms with Crippen LogP contribution < -0.4 is 5.32 Å². The first-order chi connectivity index (χ1) is 9.22. The summed E-state index contributed by atoms with van der Waals surface area (Å²) in [5.41, 5.74) is 1.50. The summed E-state index contributed by atoms with van der Waals surface area (Å²) in [4.78, 5) is 15.9. The number of hydrogen-bond acceptors (Lipinski definition) is 5. The summed E-state index contributed by atoms with van der Waals surface area (Å²) < 4.78 is 5.50. The Morgan fingerprint density at radius 2 is 2.32 bits per heavy atom. The van der Waals surface area contributed by atoms with E-state index in [9.17, 15) is 4.79 Å². The molecule has 1 amide bonds. The van der Waals surface area contributed by atoms with Crippen molar-refractivity contribution in [1.29, 1.82) is 0 Å². The van der Waals surface area contributed by atoms with Crippen LogP contribution >= 0.6 is 11.8 Å². The van der Waals surface area contributed by atoms with Gasteiger partial charge in [0.05, 0.1) is 18.4 Å². The highest BCUT2D eigenvalue weighted by Crippen LogP contribution is 2.22. The number of nitrogens with one attached hydrogen (secondary N) is 1. The molecule has 6 heteroatoms. The number of thioether (sulfide) groups is 1. The maximum Gasteiger partial charge on any atom is 0.257 e. The minimum absolute atomic E-state index is 0.0458. The molecule has 1 aromatic heterocycles. The van der Waals surface area contributed by atoms with Gasteiger partial charge in [0.25, 0.3) is 5.22 Å². The summed E-state index contributed by atoms with van der Waals surface area (Å²) >= 11 is 1.25. The van der Waals surface area contributed by atoms with Crippen molar-refractivity contribution in [2.75, 3.05) is 12.4 Å². The molecule has 1 atom stereocenters. The molecule has 19 heavy (non-hydrogen) atoms. The van der Waals surface area contributed by atoms with Crippen LogP contribution in [0.2, 0.25) is 0 Å². The Morgan fingerprint density at radius 1 is 1.53 bits per heavy atom. The van der Waals surface area contributed by atoms with Crippen molar-refractivity contribution < 1.29 is 14.3 Å². The second-order valence-corrected chi connectivity index (χ2v) is 5.02. The number of aliphatic hydroxyl groups excluding tert-OH is 1. The molecule has 0 spiro atoms. The van der Waals surface area contributed by atoms with E-state index in [2.05, 4.69) is 10.3 Å². The number of para-hydroxylation sites is 2. The maximum absolute atomic E-state index is 11.6. The Kier molecular flexibility index (Phi) is 4.81. The van der Waals surface area contributed by atoms with E-state index in [4.69, 9.17) is 9.52 Å². The average molecular weight is 280 g/mol. The number of aromatic nitrogens is 1. The first-order valence-corrected chi connectivity index (χ1v) is 7.10. The van der Waals surface area contributed by atoms with E-state index in [0.717, 1.165) is 5.52 Å². The molecule has 5 nitrogen and oxygen atoms in total. The number of amides is 1. The fourth-order valence-corrected chi connectivity index (χ4v) is 2.24. The molecule has 0 aliphatic rings. The van der Waals surface area contributed by atoms with Crippen LogP contribution in [0.5, 0.6) is 0 Å². The van der Waals surface area contributed by atoms with Gasteiger partial charge in [0.15, 0.2) is 5.58 Å². The first-order valence-electron chi connectivity index (χ1n) is 6.11. The molecular formula is C13H16N2O3S. The molecule has 2 rings (SSSR count). The zero-order chi connectivity index (χ0) is 13.7. The van der Waals surface area contributed by atoms with Gasteiger partial charge in [-0.3, -0.25) is 4.79 Å². The summed E-state index contributed by atoms with van der Waals surface area (Å²) in [5.74, 6) is 0.0942. The molecule has 0 saturated carbocycles. The van der Waals surface area contributed by atoms with Crippen molar-refractivity contribution in [3.63, 3.8) is 0 Å². The number of carbonyl (C=O) groups excluding carboxylic acids is 1. The normalized spacial score (nSPS) is 12.5. The van der Waals surface area contributed by atoms with Crippen LogP contribution in [-0.2, 0) is 4.79 Å². The first kappa shape index (κ1) is 13.9. The standard InChI is InChI=1S/C13H16N2O3S/c1-2-9(7-16)14-12(17)8-19-13-15-10-5-3-4-6-11(10)18-13/h3-6,9,16H,2,7-8H2,1H3,(H,14,17)/t9-/m0/s1. The highest BCUT2D eigenvalue weighted by atomic mass is 32.2. The van der Waals surface area contributed by atoms with Gasteiger partial charge < -0.3 is 14.8 Å². The van der Waals surface area contributed by atoms with Crippen LogP contribution in [0.25, 0.3) is 11.1 Å². The zero-order valence-electron chi connectivity index (χ0n) is 10.6. The van der Waals surface area contributed by atoms with Crippen LogP contribution in [0.3, 0.4) is 0 Å². The zero-order valence-corrected chi connectivity index (χ0v) is 11.4. The van der Waals surface area contributed by atoms with E-state index < -0.39 is 0 Å². The number of benzene rings is 1. The van der Waals surface area contributed by atoms with Gasteiger partial charge in [0, 0.05) is 0 Å². The van der Waals surface area contributed by atoms with Crippen LogP contribution in [0.4, 0.5) is 0 Å². The monoisotopic (exact) mass is 280 g/mol. The van der Waals surface area contributed by atoms with E-state index in [0.29, 0.717) is 17.2 Å². The molecule has 102 valence electrons. The second kappa shape index (κ2) is 6.58. The number of rotatable bonds is 6. The lowest BCUT2D eigenvalue weighted by Gasteiger charge is -2.12. The summed E-state index contributed by atoms with van der Waals surface area (Å²) in [5, 5.41) is 12.2. The van der Waals surface area contributed by atoms with E-state index >= 15 is 0 Å². The summed E-state index contributed by atoms with van der Waals surface area (Å²) in [6.07, 6.45) is 0.704. The molecule has 2 aromatic rings. The molecule has 0 aliphatic carbocycles. The molecule has 2 N–H and O–H groups in total. The Labute approximate surface area is 115 Å². The smallest absolute Gasteiger partial charge is 0.257 e. The van der Waals surface area contributed by atoms with Gasteiger partial charge in [-0.15, -0.1) is 0 Å². The Hall–Kier alpha value is -1.53. The molecule has 1 aromatic carbocycles. The van der Waals surface area contributed by atoms with Gasteiger partial charge in [-0.1, -0.05) is 30.8 Å². The lowest BCUT2D eigenvalue weighted by atomic mass is 10.2. The van der Waals surface area contributed by atoms with Crippen molar-refractivity contribution in [1.82, 2.24) is 10.3 Å². The Balaban J connectivity index is 1.89. The SMILES string of the molecule is CC[C@@H](CO)NC(=O)CSc1nc2ccccc2o1. The molecule has 0 radical (unpaired) electrons. The predicted molar refractivity (Wildman–Crippen MR) is 74.0 cm³/mol. The lowest BCUT2D eigenvalue weighted by Crippen LogP contribution is -2.37. The molecule has 0 aliphatic heterocycles. The largest absolute Gasteiger partial charge is 0.431 e. The lowest BCUT2D eigenvalue weighted by molar-refractivity contribution is -0.119. The van der Waals surface area contributed by atoms with Crippen LogP contribution in [0.1, 0.15) is 13.3 Å². The average Bonchev–Trinajstić information content (AvgIpc) is 2.85. The molecule has 1 heterocycles. The minimum atomic E-state index is -0.184. The summed E-state index contributed by atoms with van der Waals surface area (Å²) in [6, 6.07) is 7.28. The van der Waals surface area contributed by atoms with Gasteiger partial charge in [-0.25, -0.2) is 4.98 Å².